The number of hydrogen-bond acceptors (Lipinski definition) is 5. The van der Waals surface area contributed by atoms with Crippen molar-refractivity contribution in [3.63, 3.8) is 0 Å². The van der Waals surface area contributed by atoms with E-state index in [1.807, 2.05) is 11.8 Å². The molecule has 1 N–H and O–H groups in total. The maximum Gasteiger partial charge on any atom is 0.315 e. The second kappa shape index (κ2) is 5.19. The number of amides is 1. The van der Waals surface area contributed by atoms with Gasteiger partial charge in [-0.3, -0.25) is 4.79 Å². The summed E-state index contributed by atoms with van der Waals surface area (Å²) in [7, 11) is 0. The van der Waals surface area contributed by atoms with Crippen LogP contribution in [0.1, 0.15) is 38.5 Å². The summed E-state index contributed by atoms with van der Waals surface area (Å²) in [4.78, 5) is 14.0. The third-order valence-electron chi connectivity index (χ3n) is 3.76. The van der Waals surface area contributed by atoms with Crippen LogP contribution in [-0.2, 0) is 11.2 Å². The van der Waals surface area contributed by atoms with E-state index >= 15 is 0 Å². The molecule has 0 unspecified atom stereocenters. The Morgan fingerprint density at radius 2 is 2.26 bits per heavy atom. The summed E-state index contributed by atoms with van der Waals surface area (Å²) in [5.41, 5.74) is 0. The van der Waals surface area contributed by atoms with E-state index in [2.05, 4.69) is 15.5 Å². The lowest BCUT2D eigenvalue weighted by Gasteiger charge is -2.32. The smallest absolute Gasteiger partial charge is 0.315 e. The predicted molar refractivity (Wildman–Crippen MR) is 69.6 cm³/mol. The number of carbonyl (C=O) groups is 1. The second-order valence-electron chi connectivity index (χ2n) is 5.40. The molecule has 6 heteroatoms. The zero-order valence-electron chi connectivity index (χ0n) is 11.3. The number of likely N-dealkylation sites (tertiary alicyclic amines) is 1. The summed E-state index contributed by atoms with van der Waals surface area (Å²) in [5.74, 6) is 1.27. The SMILES string of the molecule is CCc1nnc(N[C@@H]2CCCN(C(=O)C3CC3)C2)o1. The van der Waals surface area contributed by atoms with Crippen LogP contribution < -0.4 is 5.32 Å². The van der Waals surface area contributed by atoms with Crippen LogP contribution in [0.15, 0.2) is 4.42 Å². The fourth-order valence-electron chi connectivity index (χ4n) is 2.51. The van der Waals surface area contributed by atoms with Crippen molar-refractivity contribution in [3.05, 3.63) is 5.89 Å². The number of hydrogen-bond donors (Lipinski definition) is 1. The molecule has 0 aromatic carbocycles. The van der Waals surface area contributed by atoms with Crippen molar-refractivity contribution in [3.8, 4) is 0 Å². The molecule has 2 heterocycles. The summed E-state index contributed by atoms with van der Waals surface area (Å²) in [5, 5.41) is 11.1. The highest BCUT2D eigenvalue weighted by molar-refractivity contribution is 5.81. The van der Waals surface area contributed by atoms with Crippen molar-refractivity contribution in [2.45, 2.75) is 45.1 Å². The number of carbonyl (C=O) groups excluding carboxylic acids is 1. The van der Waals surface area contributed by atoms with E-state index in [1.54, 1.807) is 0 Å². The predicted octanol–water partition coefficient (Wildman–Crippen LogP) is 1.44. The summed E-state index contributed by atoms with van der Waals surface area (Å²) in [6.07, 6.45) is 4.95. The number of piperidine rings is 1. The van der Waals surface area contributed by atoms with Gasteiger partial charge in [-0.05, 0) is 25.7 Å². The third-order valence-corrected chi connectivity index (χ3v) is 3.76. The van der Waals surface area contributed by atoms with Crippen molar-refractivity contribution in [1.82, 2.24) is 15.1 Å². The van der Waals surface area contributed by atoms with Gasteiger partial charge in [0.15, 0.2) is 0 Å². The average Bonchev–Trinajstić information content (AvgIpc) is 3.19. The Morgan fingerprint density at radius 3 is 2.95 bits per heavy atom. The molecule has 1 aliphatic carbocycles. The minimum Gasteiger partial charge on any atom is -0.408 e. The molecule has 2 fully saturated rings. The van der Waals surface area contributed by atoms with E-state index in [1.165, 1.54) is 0 Å². The van der Waals surface area contributed by atoms with Gasteiger partial charge in [0, 0.05) is 31.5 Å². The van der Waals surface area contributed by atoms with E-state index < -0.39 is 0 Å². The van der Waals surface area contributed by atoms with E-state index in [0.717, 1.165) is 45.2 Å². The molecule has 3 rings (SSSR count). The first-order valence-electron chi connectivity index (χ1n) is 7.14. The van der Waals surface area contributed by atoms with Crippen molar-refractivity contribution in [1.29, 1.82) is 0 Å². The molecule has 1 saturated carbocycles. The molecule has 1 aliphatic heterocycles. The number of nitrogens with one attached hydrogen (secondary N) is 1. The van der Waals surface area contributed by atoms with Crippen LogP contribution in [0.5, 0.6) is 0 Å². The molecule has 6 nitrogen and oxygen atoms in total. The van der Waals surface area contributed by atoms with Gasteiger partial charge in [-0.15, -0.1) is 5.10 Å². The number of aryl methyl sites for hydroxylation is 1. The van der Waals surface area contributed by atoms with Gasteiger partial charge in [0.1, 0.15) is 0 Å². The number of rotatable bonds is 4. The maximum atomic E-state index is 12.1. The zero-order valence-corrected chi connectivity index (χ0v) is 11.3. The van der Waals surface area contributed by atoms with Gasteiger partial charge in [0.2, 0.25) is 11.8 Å². The van der Waals surface area contributed by atoms with Crippen LogP contribution in [0.25, 0.3) is 0 Å². The molecule has 19 heavy (non-hydrogen) atoms. The maximum absolute atomic E-state index is 12.1. The van der Waals surface area contributed by atoms with Crippen LogP contribution in [0, 0.1) is 5.92 Å². The van der Waals surface area contributed by atoms with Gasteiger partial charge >= 0.3 is 6.01 Å². The molecule has 104 valence electrons. The molecule has 1 saturated heterocycles. The monoisotopic (exact) mass is 264 g/mol. The number of aromatic nitrogens is 2. The molecule has 1 atom stereocenters. The van der Waals surface area contributed by atoms with Gasteiger partial charge in [0.25, 0.3) is 0 Å². The lowest BCUT2D eigenvalue weighted by atomic mass is 10.1. The highest BCUT2D eigenvalue weighted by atomic mass is 16.4. The van der Waals surface area contributed by atoms with Gasteiger partial charge in [-0.1, -0.05) is 12.0 Å². The van der Waals surface area contributed by atoms with E-state index in [4.69, 9.17) is 4.42 Å². The van der Waals surface area contributed by atoms with Crippen molar-refractivity contribution in [2.24, 2.45) is 5.92 Å². The van der Waals surface area contributed by atoms with Crippen LogP contribution in [0.4, 0.5) is 6.01 Å². The first kappa shape index (κ1) is 12.4. The van der Waals surface area contributed by atoms with Gasteiger partial charge in [0.05, 0.1) is 0 Å². The fourth-order valence-corrected chi connectivity index (χ4v) is 2.51. The quantitative estimate of drug-likeness (QED) is 0.891. The molecule has 0 radical (unpaired) electrons. The molecule has 2 aliphatic rings. The largest absolute Gasteiger partial charge is 0.408 e. The molecule has 0 bridgehead atoms. The van der Waals surface area contributed by atoms with Gasteiger partial charge in [-0.2, -0.15) is 0 Å². The van der Waals surface area contributed by atoms with Crippen molar-refractivity contribution < 1.29 is 9.21 Å². The lowest BCUT2D eigenvalue weighted by Crippen LogP contribution is -2.45. The Kier molecular flexibility index (Phi) is 3.40. The summed E-state index contributed by atoms with van der Waals surface area (Å²) >= 11 is 0. The summed E-state index contributed by atoms with van der Waals surface area (Å²) in [6.45, 7) is 3.62. The highest BCUT2D eigenvalue weighted by Crippen LogP contribution is 2.32. The molecule has 1 aromatic rings. The molecule has 1 aromatic heterocycles. The van der Waals surface area contributed by atoms with Crippen LogP contribution in [0.2, 0.25) is 0 Å². The van der Waals surface area contributed by atoms with E-state index in [-0.39, 0.29) is 6.04 Å². The first-order chi connectivity index (χ1) is 9.26. The number of anilines is 1. The van der Waals surface area contributed by atoms with Crippen molar-refractivity contribution in [2.75, 3.05) is 18.4 Å². The Morgan fingerprint density at radius 1 is 1.42 bits per heavy atom. The highest BCUT2D eigenvalue weighted by Gasteiger charge is 2.35. The topological polar surface area (TPSA) is 71.3 Å². The molecule has 1 amide bonds. The fraction of sp³-hybridized carbons (Fsp3) is 0.769. The van der Waals surface area contributed by atoms with Gasteiger partial charge in [-0.25, -0.2) is 0 Å². The van der Waals surface area contributed by atoms with Gasteiger partial charge < -0.3 is 14.6 Å². The van der Waals surface area contributed by atoms with Crippen LogP contribution in [0.3, 0.4) is 0 Å². The third kappa shape index (κ3) is 2.88. The van der Waals surface area contributed by atoms with Crippen LogP contribution >= 0.6 is 0 Å². The summed E-state index contributed by atoms with van der Waals surface area (Å²) in [6, 6.07) is 0.698. The normalized spacial score (nSPS) is 23.4. The minimum atomic E-state index is 0.224. The standard InChI is InChI=1S/C13H20N4O2/c1-2-11-15-16-13(19-11)14-10-4-3-7-17(8-10)12(18)9-5-6-9/h9-10H,2-8H2,1H3,(H,14,16)/t10-/m1/s1. The van der Waals surface area contributed by atoms with E-state index in [0.29, 0.717) is 23.7 Å². The first-order valence-corrected chi connectivity index (χ1v) is 7.14. The number of nitrogens with zero attached hydrogens (tertiary/aromatic N) is 3. The van der Waals surface area contributed by atoms with Crippen LogP contribution in [-0.4, -0.2) is 40.1 Å². The Bertz CT molecular complexity index is 455. The minimum absolute atomic E-state index is 0.224. The van der Waals surface area contributed by atoms with E-state index in [9.17, 15) is 4.79 Å². The lowest BCUT2D eigenvalue weighted by molar-refractivity contribution is -0.133. The zero-order chi connectivity index (χ0) is 13.2. The molecular weight excluding hydrogens is 244 g/mol. The molecule has 0 spiro atoms. The average molecular weight is 264 g/mol. The van der Waals surface area contributed by atoms with Crippen molar-refractivity contribution >= 4 is 11.9 Å². The Balaban J connectivity index is 1.56. The summed E-state index contributed by atoms with van der Waals surface area (Å²) < 4.78 is 5.45. The molecular formula is C13H20N4O2. The second-order valence-corrected chi connectivity index (χ2v) is 5.40. The Hall–Kier alpha value is -1.59. The Labute approximate surface area is 112 Å².